The fraction of sp³-hybridized carbons (Fsp3) is 0.545. The summed E-state index contributed by atoms with van der Waals surface area (Å²) in [6.45, 7) is 6.25. The quantitative estimate of drug-likeness (QED) is 0.886. The highest BCUT2D eigenvalue weighted by atomic mass is 79.9. The van der Waals surface area contributed by atoms with Crippen LogP contribution in [-0.4, -0.2) is 22.7 Å². The number of nitrogens with zero attached hydrogens (tertiary/aromatic N) is 1. The summed E-state index contributed by atoms with van der Waals surface area (Å²) in [6.07, 6.45) is 1.77. The first-order chi connectivity index (χ1) is 7.04. The van der Waals surface area contributed by atoms with E-state index in [2.05, 4.69) is 26.2 Å². The number of rotatable bonds is 4. The van der Waals surface area contributed by atoms with Crippen molar-refractivity contribution in [1.29, 1.82) is 0 Å². The van der Waals surface area contributed by atoms with E-state index in [1.807, 2.05) is 26.8 Å². The second kappa shape index (κ2) is 5.47. The molecule has 0 spiro atoms. The molecule has 0 fully saturated rings. The Balaban J connectivity index is 2.72. The molecule has 0 bridgehead atoms. The van der Waals surface area contributed by atoms with Crippen molar-refractivity contribution in [3.63, 3.8) is 0 Å². The largest absolute Gasteiger partial charge is 0.396 e. The number of anilines is 1. The average Bonchev–Trinajstić information content (AvgIpc) is 2.20. The normalized spacial score (nSPS) is 14.7. The van der Waals surface area contributed by atoms with Gasteiger partial charge in [-0.15, -0.1) is 0 Å². The minimum atomic E-state index is 0.184. The molecule has 0 radical (unpaired) electrons. The number of aliphatic hydroxyl groups is 1. The second-order valence-corrected chi connectivity index (χ2v) is 4.83. The van der Waals surface area contributed by atoms with Crippen molar-refractivity contribution < 1.29 is 5.11 Å². The molecular formula is C11H17BrN2O. The van der Waals surface area contributed by atoms with Gasteiger partial charge in [0.05, 0.1) is 0 Å². The van der Waals surface area contributed by atoms with E-state index in [9.17, 15) is 0 Å². The first-order valence-electron chi connectivity index (χ1n) is 5.04. The van der Waals surface area contributed by atoms with Crippen LogP contribution in [0.3, 0.4) is 0 Å². The maximum absolute atomic E-state index is 9.03. The summed E-state index contributed by atoms with van der Waals surface area (Å²) in [5.41, 5.74) is 1.10. The molecule has 0 saturated carbocycles. The van der Waals surface area contributed by atoms with E-state index in [-0.39, 0.29) is 18.6 Å². The summed E-state index contributed by atoms with van der Waals surface area (Å²) >= 11 is 3.37. The van der Waals surface area contributed by atoms with Gasteiger partial charge in [0.1, 0.15) is 5.82 Å². The van der Waals surface area contributed by atoms with Gasteiger partial charge < -0.3 is 10.4 Å². The molecule has 1 aromatic rings. The fourth-order valence-corrected chi connectivity index (χ4v) is 1.65. The number of halogens is 1. The van der Waals surface area contributed by atoms with Gasteiger partial charge in [-0.05, 0) is 47.3 Å². The van der Waals surface area contributed by atoms with Crippen molar-refractivity contribution in [3.05, 3.63) is 22.3 Å². The van der Waals surface area contributed by atoms with Gasteiger partial charge in [0.2, 0.25) is 0 Å². The molecule has 1 rings (SSSR count). The van der Waals surface area contributed by atoms with Crippen LogP contribution in [0.25, 0.3) is 0 Å². The lowest BCUT2D eigenvalue weighted by Gasteiger charge is -2.20. The summed E-state index contributed by atoms with van der Waals surface area (Å²) in [5.74, 6) is 1.10. The molecule has 0 unspecified atom stereocenters. The van der Waals surface area contributed by atoms with Crippen LogP contribution in [-0.2, 0) is 0 Å². The van der Waals surface area contributed by atoms with E-state index in [0.29, 0.717) is 0 Å². The Labute approximate surface area is 99.1 Å². The Morgan fingerprint density at radius 2 is 2.20 bits per heavy atom. The minimum Gasteiger partial charge on any atom is -0.396 e. The molecule has 0 aliphatic heterocycles. The molecule has 1 heterocycles. The zero-order valence-electron chi connectivity index (χ0n) is 9.29. The number of hydrogen-bond donors (Lipinski definition) is 2. The van der Waals surface area contributed by atoms with E-state index < -0.39 is 0 Å². The molecule has 4 heteroatoms. The van der Waals surface area contributed by atoms with Gasteiger partial charge in [0.25, 0.3) is 0 Å². The number of aliphatic hydroxyl groups excluding tert-OH is 1. The number of aromatic nitrogens is 1. The molecule has 84 valence electrons. The lowest BCUT2D eigenvalue weighted by Crippen LogP contribution is -2.27. The fourth-order valence-electron chi connectivity index (χ4n) is 1.21. The Kier molecular flexibility index (Phi) is 4.54. The van der Waals surface area contributed by atoms with E-state index in [1.165, 1.54) is 0 Å². The summed E-state index contributed by atoms with van der Waals surface area (Å²) in [7, 11) is 0. The molecular weight excluding hydrogens is 256 g/mol. The highest BCUT2D eigenvalue weighted by Gasteiger charge is 2.12. The zero-order chi connectivity index (χ0) is 11.4. The number of nitrogens with one attached hydrogen (secondary N) is 1. The van der Waals surface area contributed by atoms with Crippen LogP contribution in [0.1, 0.15) is 19.4 Å². The first kappa shape index (κ1) is 12.5. The SMILES string of the molecule is Cc1cc(Br)cnc1N[C@H](C)[C@H](C)CO. The van der Waals surface area contributed by atoms with Crippen LogP contribution in [0, 0.1) is 12.8 Å². The maximum Gasteiger partial charge on any atom is 0.129 e. The number of pyridine rings is 1. The van der Waals surface area contributed by atoms with Crippen LogP contribution in [0.2, 0.25) is 0 Å². The van der Waals surface area contributed by atoms with Crippen molar-refractivity contribution in [1.82, 2.24) is 4.98 Å². The van der Waals surface area contributed by atoms with Gasteiger partial charge in [-0.1, -0.05) is 6.92 Å². The monoisotopic (exact) mass is 272 g/mol. The molecule has 2 atom stereocenters. The van der Waals surface area contributed by atoms with Crippen LogP contribution < -0.4 is 5.32 Å². The highest BCUT2D eigenvalue weighted by molar-refractivity contribution is 9.10. The van der Waals surface area contributed by atoms with Crippen LogP contribution >= 0.6 is 15.9 Å². The Hall–Kier alpha value is -0.610. The Morgan fingerprint density at radius 3 is 2.73 bits per heavy atom. The minimum absolute atomic E-state index is 0.184. The van der Waals surface area contributed by atoms with Crippen molar-refractivity contribution in [2.75, 3.05) is 11.9 Å². The molecule has 2 N–H and O–H groups in total. The van der Waals surface area contributed by atoms with E-state index in [1.54, 1.807) is 6.20 Å². The predicted molar refractivity (Wildman–Crippen MR) is 66.0 cm³/mol. The molecule has 15 heavy (non-hydrogen) atoms. The lowest BCUT2D eigenvalue weighted by atomic mass is 10.1. The van der Waals surface area contributed by atoms with Gasteiger partial charge in [-0.2, -0.15) is 0 Å². The Morgan fingerprint density at radius 1 is 1.53 bits per heavy atom. The third kappa shape index (κ3) is 3.47. The van der Waals surface area contributed by atoms with Crippen LogP contribution in [0.15, 0.2) is 16.7 Å². The van der Waals surface area contributed by atoms with Gasteiger partial charge in [-0.25, -0.2) is 4.98 Å². The van der Waals surface area contributed by atoms with Gasteiger partial charge in [0, 0.05) is 23.3 Å². The van der Waals surface area contributed by atoms with Crippen molar-refractivity contribution in [2.24, 2.45) is 5.92 Å². The van der Waals surface area contributed by atoms with Crippen LogP contribution in [0.4, 0.5) is 5.82 Å². The zero-order valence-corrected chi connectivity index (χ0v) is 10.9. The third-order valence-corrected chi connectivity index (χ3v) is 2.98. The predicted octanol–water partition coefficient (Wildman–Crippen LogP) is 2.58. The first-order valence-corrected chi connectivity index (χ1v) is 5.83. The van der Waals surface area contributed by atoms with Crippen molar-refractivity contribution >= 4 is 21.7 Å². The molecule has 0 saturated heterocycles. The molecule has 0 aliphatic carbocycles. The van der Waals surface area contributed by atoms with Crippen LogP contribution in [0.5, 0.6) is 0 Å². The standard InChI is InChI=1S/C11H17BrN2O/c1-7-4-10(12)5-13-11(7)14-9(3)8(2)6-15/h4-5,8-9,15H,6H2,1-3H3,(H,13,14)/t8-,9-/m1/s1. The molecule has 0 amide bonds. The molecule has 3 nitrogen and oxygen atoms in total. The summed E-state index contributed by atoms with van der Waals surface area (Å²) in [6, 6.07) is 2.23. The maximum atomic E-state index is 9.03. The smallest absolute Gasteiger partial charge is 0.129 e. The van der Waals surface area contributed by atoms with Gasteiger partial charge in [0.15, 0.2) is 0 Å². The highest BCUT2D eigenvalue weighted by Crippen LogP contribution is 2.18. The van der Waals surface area contributed by atoms with Crippen molar-refractivity contribution in [3.8, 4) is 0 Å². The van der Waals surface area contributed by atoms with Gasteiger partial charge >= 0.3 is 0 Å². The topological polar surface area (TPSA) is 45.2 Å². The van der Waals surface area contributed by atoms with E-state index in [0.717, 1.165) is 15.9 Å². The third-order valence-electron chi connectivity index (χ3n) is 2.55. The molecule has 0 aromatic carbocycles. The number of hydrogen-bond acceptors (Lipinski definition) is 3. The van der Waals surface area contributed by atoms with Crippen molar-refractivity contribution in [2.45, 2.75) is 26.8 Å². The lowest BCUT2D eigenvalue weighted by molar-refractivity contribution is 0.226. The van der Waals surface area contributed by atoms with E-state index in [4.69, 9.17) is 5.11 Å². The number of aryl methyl sites for hydroxylation is 1. The molecule has 1 aromatic heterocycles. The molecule has 0 aliphatic rings. The summed E-state index contributed by atoms with van der Waals surface area (Å²) in [4.78, 5) is 4.29. The second-order valence-electron chi connectivity index (χ2n) is 3.91. The summed E-state index contributed by atoms with van der Waals surface area (Å²) < 4.78 is 0.980. The van der Waals surface area contributed by atoms with Gasteiger partial charge in [-0.3, -0.25) is 0 Å². The van der Waals surface area contributed by atoms with E-state index >= 15 is 0 Å². The summed E-state index contributed by atoms with van der Waals surface area (Å²) in [5, 5.41) is 12.3. The Bertz CT molecular complexity index is 330. The average molecular weight is 273 g/mol.